The summed E-state index contributed by atoms with van der Waals surface area (Å²) in [6.07, 6.45) is 4.54. The van der Waals surface area contributed by atoms with E-state index in [4.69, 9.17) is 9.47 Å². The fourth-order valence-corrected chi connectivity index (χ4v) is 3.47. The number of methoxy groups -OCH3 is 1. The molecule has 3 nitrogen and oxygen atoms in total. The van der Waals surface area contributed by atoms with Crippen LogP contribution in [-0.4, -0.2) is 25.8 Å². The van der Waals surface area contributed by atoms with Gasteiger partial charge in [0.1, 0.15) is 0 Å². The zero-order chi connectivity index (χ0) is 14.9. The molecule has 1 atom stereocenters. The molecule has 1 unspecified atom stereocenters. The van der Waals surface area contributed by atoms with Gasteiger partial charge >= 0.3 is 0 Å². The van der Waals surface area contributed by atoms with Crippen LogP contribution in [0, 0.1) is 11.7 Å². The maximum Gasteiger partial charge on any atom is 0.165 e. The molecule has 1 aliphatic carbocycles. The molecule has 1 N–H and O–H groups in total. The Kier molecular flexibility index (Phi) is 4.18. The summed E-state index contributed by atoms with van der Waals surface area (Å²) in [4.78, 5) is 0. The molecule has 1 aromatic carbocycles. The zero-order valence-electron chi connectivity index (χ0n) is 12.8. The van der Waals surface area contributed by atoms with Gasteiger partial charge < -0.3 is 14.8 Å². The number of ether oxygens (including phenoxy) is 2. The highest BCUT2D eigenvalue weighted by molar-refractivity contribution is 5.31. The van der Waals surface area contributed by atoms with E-state index in [-0.39, 0.29) is 23.3 Å². The quantitative estimate of drug-likeness (QED) is 0.906. The molecule has 21 heavy (non-hydrogen) atoms. The first-order valence-electron chi connectivity index (χ1n) is 7.84. The minimum atomic E-state index is -0.324. The van der Waals surface area contributed by atoms with Crippen LogP contribution in [0.25, 0.3) is 0 Å². The molecule has 1 heterocycles. The van der Waals surface area contributed by atoms with Crippen molar-refractivity contribution in [2.75, 3.05) is 20.2 Å². The molecule has 0 radical (unpaired) electrons. The number of benzene rings is 1. The van der Waals surface area contributed by atoms with Crippen molar-refractivity contribution in [3.8, 4) is 5.75 Å². The van der Waals surface area contributed by atoms with Gasteiger partial charge in [-0.3, -0.25) is 0 Å². The van der Waals surface area contributed by atoms with Crippen LogP contribution in [-0.2, 0) is 4.74 Å². The van der Waals surface area contributed by atoms with Crippen molar-refractivity contribution in [1.82, 2.24) is 5.32 Å². The minimum Gasteiger partial charge on any atom is -0.494 e. The third kappa shape index (κ3) is 3.06. The molecule has 2 aliphatic rings. The van der Waals surface area contributed by atoms with E-state index in [0.29, 0.717) is 0 Å². The van der Waals surface area contributed by atoms with E-state index in [9.17, 15) is 4.39 Å². The Morgan fingerprint density at radius 2 is 2.10 bits per heavy atom. The molecular weight excluding hydrogens is 269 g/mol. The van der Waals surface area contributed by atoms with Gasteiger partial charge in [-0.25, -0.2) is 4.39 Å². The molecule has 1 saturated carbocycles. The van der Waals surface area contributed by atoms with Gasteiger partial charge in [0.05, 0.1) is 18.8 Å². The van der Waals surface area contributed by atoms with E-state index >= 15 is 0 Å². The summed E-state index contributed by atoms with van der Waals surface area (Å²) in [6.45, 7) is 3.96. The molecule has 1 spiro atoms. The lowest BCUT2D eigenvalue weighted by Crippen LogP contribution is -2.52. The standard InChI is InChI=1S/C17H24FNO2/c1-12-5-7-17(8-6-12)11-19-10-16(21-17)13-3-4-15(20-2)14(18)9-13/h3-4,9,12,16,19H,5-8,10-11H2,1-2H3. The summed E-state index contributed by atoms with van der Waals surface area (Å²) >= 11 is 0. The van der Waals surface area contributed by atoms with Crippen LogP contribution in [0.15, 0.2) is 18.2 Å². The van der Waals surface area contributed by atoms with Gasteiger partial charge in [-0.1, -0.05) is 13.0 Å². The van der Waals surface area contributed by atoms with E-state index in [1.807, 2.05) is 6.07 Å². The Morgan fingerprint density at radius 3 is 2.76 bits per heavy atom. The highest BCUT2D eigenvalue weighted by Crippen LogP contribution is 2.40. The van der Waals surface area contributed by atoms with Gasteiger partial charge in [0, 0.05) is 13.1 Å². The van der Waals surface area contributed by atoms with Crippen LogP contribution in [0.3, 0.4) is 0 Å². The Morgan fingerprint density at radius 1 is 1.33 bits per heavy atom. The Bertz CT molecular complexity index is 498. The van der Waals surface area contributed by atoms with E-state index in [1.54, 1.807) is 6.07 Å². The molecule has 1 aliphatic heterocycles. The molecule has 3 rings (SSSR count). The summed E-state index contributed by atoms with van der Waals surface area (Å²) in [5, 5.41) is 3.48. The first-order chi connectivity index (χ1) is 10.1. The van der Waals surface area contributed by atoms with E-state index in [2.05, 4.69) is 12.2 Å². The van der Waals surface area contributed by atoms with Crippen molar-refractivity contribution >= 4 is 0 Å². The van der Waals surface area contributed by atoms with Crippen LogP contribution in [0.1, 0.15) is 44.3 Å². The van der Waals surface area contributed by atoms with Crippen LogP contribution < -0.4 is 10.1 Å². The summed E-state index contributed by atoms with van der Waals surface area (Å²) in [5.74, 6) is 0.747. The summed E-state index contributed by atoms with van der Waals surface area (Å²) < 4.78 is 25.3. The van der Waals surface area contributed by atoms with E-state index in [0.717, 1.165) is 37.4 Å². The lowest BCUT2D eigenvalue weighted by Gasteiger charge is -2.45. The molecule has 0 amide bonds. The average molecular weight is 293 g/mol. The van der Waals surface area contributed by atoms with E-state index < -0.39 is 0 Å². The van der Waals surface area contributed by atoms with Gasteiger partial charge in [-0.05, 0) is 49.3 Å². The second-order valence-corrected chi connectivity index (χ2v) is 6.50. The SMILES string of the molecule is COc1ccc(C2CNCC3(CCC(C)CC3)O2)cc1F. The van der Waals surface area contributed by atoms with Gasteiger partial charge in [-0.15, -0.1) is 0 Å². The van der Waals surface area contributed by atoms with Crippen LogP contribution in [0.5, 0.6) is 5.75 Å². The van der Waals surface area contributed by atoms with Crippen molar-refractivity contribution in [2.24, 2.45) is 5.92 Å². The van der Waals surface area contributed by atoms with E-state index in [1.165, 1.54) is 26.0 Å². The Hall–Kier alpha value is -1.13. The van der Waals surface area contributed by atoms with Gasteiger partial charge in [0.25, 0.3) is 0 Å². The van der Waals surface area contributed by atoms with Crippen molar-refractivity contribution in [3.63, 3.8) is 0 Å². The third-order valence-electron chi connectivity index (χ3n) is 4.90. The van der Waals surface area contributed by atoms with Gasteiger partial charge in [0.2, 0.25) is 0 Å². The molecule has 1 saturated heterocycles. The maximum atomic E-state index is 13.9. The number of nitrogens with one attached hydrogen (secondary N) is 1. The molecule has 116 valence electrons. The van der Waals surface area contributed by atoms with Crippen LogP contribution in [0.2, 0.25) is 0 Å². The van der Waals surface area contributed by atoms with Gasteiger partial charge in [-0.2, -0.15) is 0 Å². The zero-order valence-corrected chi connectivity index (χ0v) is 12.8. The molecule has 0 aromatic heterocycles. The van der Waals surface area contributed by atoms with Crippen molar-refractivity contribution in [1.29, 1.82) is 0 Å². The monoisotopic (exact) mass is 293 g/mol. The normalized spacial score (nSPS) is 33.1. The highest BCUT2D eigenvalue weighted by Gasteiger charge is 2.40. The molecule has 0 bridgehead atoms. The number of hydrogen-bond acceptors (Lipinski definition) is 3. The number of hydrogen-bond donors (Lipinski definition) is 1. The van der Waals surface area contributed by atoms with Crippen molar-refractivity contribution < 1.29 is 13.9 Å². The lowest BCUT2D eigenvalue weighted by molar-refractivity contribution is -0.140. The van der Waals surface area contributed by atoms with Crippen molar-refractivity contribution in [2.45, 2.75) is 44.3 Å². The first-order valence-corrected chi connectivity index (χ1v) is 7.84. The van der Waals surface area contributed by atoms with Crippen LogP contribution >= 0.6 is 0 Å². The number of rotatable bonds is 2. The second-order valence-electron chi connectivity index (χ2n) is 6.50. The fraction of sp³-hybridized carbons (Fsp3) is 0.647. The summed E-state index contributed by atoms with van der Waals surface area (Å²) in [7, 11) is 1.48. The van der Waals surface area contributed by atoms with Crippen molar-refractivity contribution in [3.05, 3.63) is 29.6 Å². The highest BCUT2D eigenvalue weighted by atomic mass is 19.1. The molecule has 2 fully saturated rings. The number of halogens is 1. The molecule has 1 aromatic rings. The Labute approximate surface area is 125 Å². The third-order valence-corrected chi connectivity index (χ3v) is 4.90. The lowest BCUT2D eigenvalue weighted by atomic mass is 9.78. The minimum absolute atomic E-state index is 0.0637. The van der Waals surface area contributed by atoms with Gasteiger partial charge in [0.15, 0.2) is 11.6 Å². The summed E-state index contributed by atoms with van der Waals surface area (Å²) in [5.41, 5.74) is 0.824. The average Bonchev–Trinajstić information content (AvgIpc) is 2.51. The largest absolute Gasteiger partial charge is 0.494 e. The second kappa shape index (κ2) is 5.93. The predicted octanol–water partition coefficient (Wildman–Crippen LogP) is 3.44. The predicted molar refractivity (Wildman–Crippen MR) is 80.0 cm³/mol. The maximum absolute atomic E-state index is 13.9. The summed E-state index contributed by atoms with van der Waals surface area (Å²) in [6, 6.07) is 5.12. The molecular formula is C17H24FNO2. The van der Waals surface area contributed by atoms with Crippen LogP contribution in [0.4, 0.5) is 4.39 Å². The Balaban J connectivity index is 1.75. The fourth-order valence-electron chi connectivity index (χ4n) is 3.47. The number of morpholine rings is 1. The topological polar surface area (TPSA) is 30.5 Å². The molecule has 4 heteroatoms. The first kappa shape index (κ1) is 14.8. The smallest absolute Gasteiger partial charge is 0.165 e.